The van der Waals surface area contributed by atoms with E-state index in [-0.39, 0.29) is 90.7 Å². The number of thiophene rings is 1. The molecule has 1 unspecified atom stereocenters. The first-order valence-electron chi connectivity index (χ1n) is 27.3. The van der Waals surface area contributed by atoms with E-state index in [0.717, 1.165) is 80.7 Å². The van der Waals surface area contributed by atoms with Gasteiger partial charge in [-0.15, -0.1) is 11.3 Å². The van der Waals surface area contributed by atoms with Crippen LogP contribution in [-0.2, 0) is 31.9 Å². The Kier molecular flexibility index (Phi) is 20.7. The predicted octanol–water partition coefficient (Wildman–Crippen LogP) is 12.9. The molecule has 0 spiro atoms. The van der Waals surface area contributed by atoms with Gasteiger partial charge in [0.25, 0.3) is 0 Å². The van der Waals surface area contributed by atoms with Gasteiger partial charge in [0.2, 0.25) is 18.0 Å². The summed E-state index contributed by atoms with van der Waals surface area (Å²) >= 11 is 1.72. The predicted molar refractivity (Wildman–Crippen MR) is 350 cm³/mol. The molecule has 2 saturated heterocycles. The number of aromatic nitrogens is 1. The number of aliphatic imine (C=N–C) groups is 2. The van der Waals surface area contributed by atoms with Crippen LogP contribution in [0.25, 0.3) is 54.2 Å². The number of hydrogen-bond acceptors (Lipinski definition) is 12. The minimum atomic E-state index is -0.942. The van der Waals surface area contributed by atoms with E-state index in [0.29, 0.717) is 78.6 Å². The van der Waals surface area contributed by atoms with Gasteiger partial charge >= 0.3 is 12.2 Å². The van der Waals surface area contributed by atoms with Crippen molar-refractivity contribution in [2.45, 2.75) is 101 Å². The van der Waals surface area contributed by atoms with Crippen LogP contribution in [-0.4, -0.2) is 101 Å². The van der Waals surface area contributed by atoms with Crippen LogP contribution in [0.1, 0.15) is 95.5 Å². The second-order valence-corrected chi connectivity index (χ2v) is 22.4. The third kappa shape index (κ3) is 13.1. The number of azide groups is 2. The number of methoxy groups -OCH3 is 2. The normalized spacial score (nSPS) is 18.6. The highest BCUT2D eigenvalue weighted by Crippen LogP contribution is 2.50. The maximum atomic E-state index is 17.2. The molecule has 2 aromatic heterocycles. The van der Waals surface area contributed by atoms with Crippen molar-refractivity contribution in [1.29, 1.82) is 0 Å². The smallest absolute Gasteiger partial charge is 0.407 e. The summed E-state index contributed by atoms with van der Waals surface area (Å²) in [5, 5.41) is 13.6. The Morgan fingerprint density at radius 3 is 1.72 bits per heavy atom. The quantitative estimate of drug-likeness (QED) is 0.0538. The van der Waals surface area contributed by atoms with Gasteiger partial charge in [0, 0.05) is 94.1 Å². The molecule has 4 aromatic carbocycles. The number of amides is 4. The Morgan fingerprint density at radius 2 is 1.21 bits per heavy atom. The highest BCUT2D eigenvalue weighted by Gasteiger charge is 2.41. The third-order valence-corrected chi connectivity index (χ3v) is 17.5. The third-order valence-electron chi connectivity index (χ3n) is 16.2. The van der Waals surface area contributed by atoms with Crippen molar-refractivity contribution in [3.05, 3.63) is 168 Å². The van der Waals surface area contributed by atoms with Crippen molar-refractivity contribution >= 4 is 134 Å². The van der Waals surface area contributed by atoms with Gasteiger partial charge in [-0.2, -0.15) is 54.0 Å². The molecule has 6 aliphatic rings. The topological polar surface area (TPSA) is 254 Å². The van der Waals surface area contributed by atoms with E-state index in [1.807, 2.05) is 18.3 Å². The van der Waals surface area contributed by atoms with Gasteiger partial charge in [0.1, 0.15) is 23.7 Å². The average molecular weight is 1260 g/mol. The van der Waals surface area contributed by atoms with E-state index in [9.17, 15) is 19.2 Å². The van der Waals surface area contributed by atoms with Gasteiger partial charge in [0.15, 0.2) is 0 Å². The number of carbonyl (C=O) groups is 4. The zero-order chi connectivity index (χ0) is 56.6. The van der Waals surface area contributed by atoms with Crippen molar-refractivity contribution in [3.63, 3.8) is 0 Å². The van der Waals surface area contributed by atoms with Crippen molar-refractivity contribution in [1.82, 2.24) is 25.0 Å². The monoisotopic (exact) mass is 1260 g/mol. The second kappa shape index (κ2) is 27.7. The van der Waals surface area contributed by atoms with Crippen molar-refractivity contribution in [2.24, 2.45) is 20.2 Å². The summed E-state index contributed by atoms with van der Waals surface area (Å²) in [6.45, 7) is 0.963. The summed E-state index contributed by atoms with van der Waals surface area (Å²) in [6.07, 6.45) is 8.01. The highest BCUT2D eigenvalue weighted by atomic mass is 32.1. The number of carbonyl (C=O) groups excluding carboxylic acids is 4. The largest absolute Gasteiger partial charge is 0.464 e. The van der Waals surface area contributed by atoms with Gasteiger partial charge < -0.3 is 34.6 Å². The molecular formula is C60H64FN13O7S5. The summed E-state index contributed by atoms with van der Waals surface area (Å²) in [6, 6.07) is 27.2. The lowest BCUT2D eigenvalue weighted by Crippen LogP contribution is -2.52. The molecule has 0 radical (unpaired) electrons. The summed E-state index contributed by atoms with van der Waals surface area (Å²) < 4.78 is 36.1. The first kappa shape index (κ1) is 64.2. The number of alkyl carbamates (subject to hydrolysis) is 2. The van der Waals surface area contributed by atoms with Gasteiger partial charge in [0.05, 0.1) is 48.0 Å². The van der Waals surface area contributed by atoms with E-state index < -0.39 is 36.3 Å². The summed E-state index contributed by atoms with van der Waals surface area (Å²) in [7, 11) is 2.50. The Labute approximate surface area is 527 Å². The number of rotatable bonds is 16. The van der Waals surface area contributed by atoms with Crippen LogP contribution in [0, 0.1) is 5.82 Å². The number of fused-ring (bicyclic) bond motifs is 5. The Morgan fingerprint density at radius 1 is 0.686 bits per heavy atom. The van der Waals surface area contributed by atoms with E-state index in [4.69, 9.17) is 35.3 Å². The lowest BCUT2D eigenvalue weighted by molar-refractivity contribution is -0.133. The fraction of sp³-hybridized carbons (Fsp3) is 0.333. The molecule has 6 aromatic rings. The molecule has 86 heavy (non-hydrogen) atoms. The van der Waals surface area contributed by atoms with Gasteiger partial charge in [-0.1, -0.05) is 64.8 Å². The number of halogens is 1. The number of likely N-dealkylation sites (tertiary alicyclic amines) is 2. The maximum absolute atomic E-state index is 17.2. The SMILES string of the molecule is COC(=O)N[C@@H](Cc1ccc(N=[N+]=[N-])cc1)C(=O)N1CCC[C@H]1C1=NC=C(c2cc(F)c3c(c2)OC(c2ccc(C4CC4)s2)n2c-3cc3cc(C4=CN=C([C@@H]5CCCN5C(=O)[C@H](Cc5ccc(N=[N+]=[N-])cc5)NC(=O)OC)C4)ccc32)C1.S.S.S.S. The zero-order valence-electron chi connectivity index (χ0n) is 46.9. The molecule has 4 amide bonds. The standard InChI is InChI=1S/C60H56FN13O7S.4H2S/c1-79-59(77)66-46(23-33-7-14-41(15-8-33)68-70-62)56(75)72-21-3-5-49(72)44-27-39(31-64-44)36-13-18-48-38(25-36)29-51-55-43(61)26-37(30-52(55)81-58(74(48)51)54-20-19-53(82-54)35-11-12-35)40-28-45(65-32-40)50-6-4-22-73(50)57(76)47(67-60(78)80-2)24-34-9-16-42(17-10-34)69-71-63;;;;/h7-10,13-20,25-26,29-32,35,46-47,49-50,58H,3-6,11-12,21-24,27-28H2,1-2H3,(H,66,77)(H,67,78);4*1H2/t46-,47-,49-,50-,58?;;;;/m0..../s1. The summed E-state index contributed by atoms with van der Waals surface area (Å²) in [5.41, 5.74) is 26.9. The molecule has 7 heterocycles. The second-order valence-electron chi connectivity index (χ2n) is 21.3. The lowest BCUT2D eigenvalue weighted by atomic mass is 9.95. The molecule has 2 N–H and O–H groups in total. The number of nitrogens with one attached hydrogen (secondary N) is 2. The van der Waals surface area contributed by atoms with Crippen LogP contribution in [0.2, 0.25) is 0 Å². The molecule has 5 aliphatic heterocycles. The van der Waals surface area contributed by atoms with Gasteiger partial charge in [-0.3, -0.25) is 24.1 Å². The molecule has 1 saturated carbocycles. The van der Waals surface area contributed by atoms with Crippen molar-refractivity contribution in [3.8, 4) is 17.0 Å². The number of hydrogen-bond donors (Lipinski definition) is 2. The van der Waals surface area contributed by atoms with E-state index >= 15 is 4.39 Å². The Hall–Kier alpha value is -7.83. The van der Waals surface area contributed by atoms with E-state index in [1.165, 1.54) is 25.2 Å². The Bertz CT molecular complexity index is 3820. The highest BCUT2D eigenvalue weighted by molar-refractivity contribution is 7.59. The molecule has 448 valence electrons. The number of benzene rings is 4. The van der Waals surface area contributed by atoms with Crippen molar-refractivity contribution < 1.29 is 37.8 Å². The first-order valence-corrected chi connectivity index (χ1v) is 28.1. The zero-order valence-corrected chi connectivity index (χ0v) is 51.7. The number of ether oxygens (including phenoxy) is 3. The van der Waals surface area contributed by atoms with Crippen molar-refractivity contribution in [2.75, 3.05) is 27.3 Å². The number of allylic oxidation sites excluding steroid dienone is 2. The van der Waals surface area contributed by atoms with Crippen LogP contribution in [0.3, 0.4) is 0 Å². The molecule has 3 fully saturated rings. The molecule has 20 nitrogen and oxygen atoms in total. The summed E-state index contributed by atoms with van der Waals surface area (Å²) in [4.78, 5) is 75.1. The molecule has 12 rings (SSSR count). The van der Waals surface area contributed by atoms with Crippen LogP contribution in [0.15, 0.2) is 130 Å². The fourth-order valence-corrected chi connectivity index (χ4v) is 13.2. The molecule has 0 bridgehead atoms. The van der Waals surface area contributed by atoms with Crippen LogP contribution < -0.4 is 15.4 Å². The maximum Gasteiger partial charge on any atom is 0.407 e. The van der Waals surface area contributed by atoms with Gasteiger partial charge in [-0.05, 0) is 131 Å². The van der Waals surface area contributed by atoms with Gasteiger partial charge in [-0.25, -0.2) is 14.0 Å². The molecule has 26 heteroatoms. The minimum Gasteiger partial charge on any atom is -0.464 e. The number of nitrogens with zero attached hydrogens (tertiary/aromatic N) is 11. The van der Waals surface area contributed by atoms with Crippen LogP contribution >= 0.6 is 65.3 Å². The first-order chi connectivity index (χ1) is 40.0. The molecule has 1 aliphatic carbocycles. The molecular weight excluding hydrogens is 1190 g/mol. The van der Waals surface area contributed by atoms with E-state index in [1.54, 1.807) is 75.9 Å². The minimum absolute atomic E-state index is 0. The van der Waals surface area contributed by atoms with E-state index in [2.05, 4.69) is 65.6 Å². The Balaban J connectivity index is 0.00000240. The molecule has 5 atom stereocenters. The van der Waals surface area contributed by atoms with Crippen LogP contribution in [0.4, 0.5) is 25.4 Å². The lowest BCUT2D eigenvalue weighted by Gasteiger charge is -2.30. The summed E-state index contributed by atoms with van der Waals surface area (Å²) in [5.74, 6) is -0.0315. The average Bonchev–Trinajstić information content (AvgIpc) is 2.33. The van der Waals surface area contributed by atoms with Crippen LogP contribution in [0.5, 0.6) is 5.75 Å². The fourth-order valence-electron chi connectivity index (χ4n) is 12.0.